The predicted octanol–water partition coefficient (Wildman–Crippen LogP) is 3.11. The third-order valence-corrected chi connectivity index (χ3v) is 6.16. The zero-order valence-corrected chi connectivity index (χ0v) is 17.8. The number of nitrogens with one attached hydrogen (secondary N) is 2. The third-order valence-electron chi connectivity index (χ3n) is 6.16. The van der Waals surface area contributed by atoms with E-state index in [0.717, 1.165) is 25.7 Å². The van der Waals surface area contributed by atoms with Crippen molar-refractivity contribution in [3.63, 3.8) is 0 Å². The van der Waals surface area contributed by atoms with Crippen molar-refractivity contribution in [1.82, 2.24) is 15.2 Å². The van der Waals surface area contributed by atoms with Crippen LogP contribution in [0.3, 0.4) is 0 Å². The number of aromatic nitrogens is 1. The topological polar surface area (TPSA) is 91.5 Å². The number of piperidine rings is 1. The number of likely N-dealkylation sites (tertiary alicyclic amines) is 1. The van der Waals surface area contributed by atoms with Gasteiger partial charge in [0.25, 0.3) is 5.91 Å². The van der Waals surface area contributed by atoms with E-state index in [1.165, 1.54) is 19.3 Å². The quantitative estimate of drug-likeness (QED) is 0.739. The Morgan fingerprint density at radius 3 is 2.52 bits per heavy atom. The van der Waals surface area contributed by atoms with E-state index in [4.69, 9.17) is 4.74 Å². The summed E-state index contributed by atoms with van der Waals surface area (Å²) in [7, 11) is 0. The Kier molecular flexibility index (Phi) is 6.98. The summed E-state index contributed by atoms with van der Waals surface area (Å²) < 4.78 is 5.11. The lowest BCUT2D eigenvalue weighted by molar-refractivity contribution is -0.127. The fourth-order valence-electron chi connectivity index (χ4n) is 4.57. The van der Waals surface area contributed by atoms with Crippen LogP contribution in [0.5, 0.6) is 0 Å². The number of carbonyl (C=O) groups is 3. The van der Waals surface area contributed by atoms with Gasteiger partial charge in [0.2, 0.25) is 5.91 Å². The number of H-pyrrole nitrogens is 1. The molecule has 2 aliphatic rings. The summed E-state index contributed by atoms with van der Waals surface area (Å²) in [6.45, 7) is 6.62. The average Bonchev–Trinajstić information content (AvgIpc) is 3.02. The summed E-state index contributed by atoms with van der Waals surface area (Å²) in [5.74, 6) is -0.672. The Hall–Kier alpha value is -2.31. The van der Waals surface area contributed by atoms with Crippen LogP contribution in [0.15, 0.2) is 0 Å². The van der Waals surface area contributed by atoms with Crippen LogP contribution in [0, 0.1) is 19.8 Å². The van der Waals surface area contributed by atoms with Crippen LogP contribution in [0.2, 0.25) is 0 Å². The second-order valence-corrected chi connectivity index (χ2v) is 8.28. The second kappa shape index (κ2) is 9.46. The molecule has 0 unspecified atom stereocenters. The molecule has 1 aromatic heterocycles. The summed E-state index contributed by atoms with van der Waals surface area (Å²) in [4.78, 5) is 42.9. The molecule has 2 fully saturated rings. The first kappa shape index (κ1) is 21.4. The van der Waals surface area contributed by atoms with E-state index in [2.05, 4.69) is 10.3 Å². The zero-order chi connectivity index (χ0) is 21.0. The molecule has 7 heteroatoms. The van der Waals surface area contributed by atoms with E-state index < -0.39 is 5.97 Å². The molecule has 1 aromatic rings. The van der Waals surface area contributed by atoms with Gasteiger partial charge in [0, 0.05) is 24.8 Å². The molecule has 2 amide bonds. The zero-order valence-electron chi connectivity index (χ0n) is 17.8. The molecule has 160 valence electrons. The lowest BCUT2D eigenvalue weighted by atomic mass is 9.93. The van der Waals surface area contributed by atoms with Crippen molar-refractivity contribution in [1.29, 1.82) is 0 Å². The van der Waals surface area contributed by atoms with Gasteiger partial charge in [0.1, 0.15) is 5.69 Å². The van der Waals surface area contributed by atoms with Gasteiger partial charge < -0.3 is 19.9 Å². The highest BCUT2D eigenvalue weighted by molar-refractivity contribution is 6.00. The minimum atomic E-state index is -0.416. The SMILES string of the molecule is CCOC(=O)c1c(C)[nH]c(C(=O)N2CCC[C@H](C(=O)NC3CCCCC3)C2)c1C. The number of amides is 2. The molecule has 3 rings (SSSR count). The number of aryl methyl sites for hydroxylation is 1. The molecule has 0 radical (unpaired) electrons. The van der Waals surface area contributed by atoms with Crippen LogP contribution in [-0.2, 0) is 9.53 Å². The van der Waals surface area contributed by atoms with E-state index in [1.54, 1.807) is 25.7 Å². The largest absolute Gasteiger partial charge is 0.462 e. The van der Waals surface area contributed by atoms with Crippen LogP contribution in [0.25, 0.3) is 0 Å². The molecule has 1 aliphatic heterocycles. The van der Waals surface area contributed by atoms with Crippen LogP contribution in [0.1, 0.15) is 84.0 Å². The van der Waals surface area contributed by atoms with E-state index in [-0.39, 0.29) is 30.4 Å². The standard InChI is InChI=1S/C22H33N3O4/c1-4-29-22(28)18-14(2)19(23-15(18)3)21(27)25-12-8-9-16(13-25)20(26)24-17-10-6-5-7-11-17/h16-17,23H,4-13H2,1-3H3,(H,24,26)/t16-/m0/s1. The Morgan fingerprint density at radius 2 is 1.83 bits per heavy atom. The van der Waals surface area contributed by atoms with Crippen molar-refractivity contribution in [2.24, 2.45) is 5.92 Å². The maximum atomic E-state index is 13.1. The normalized spacial score (nSPS) is 20.4. The van der Waals surface area contributed by atoms with Crippen LogP contribution >= 0.6 is 0 Å². The monoisotopic (exact) mass is 403 g/mol. The van der Waals surface area contributed by atoms with Gasteiger partial charge in [-0.15, -0.1) is 0 Å². The number of nitrogens with zero attached hydrogens (tertiary/aromatic N) is 1. The summed E-state index contributed by atoms with van der Waals surface area (Å²) in [6, 6.07) is 0.280. The molecule has 1 saturated heterocycles. The lowest BCUT2D eigenvalue weighted by Gasteiger charge is -2.33. The van der Waals surface area contributed by atoms with Gasteiger partial charge in [-0.1, -0.05) is 19.3 Å². The molecule has 1 aliphatic carbocycles. The third kappa shape index (κ3) is 4.82. The number of hydrogen-bond donors (Lipinski definition) is 2. The van der Waals surface area contributed by atoms with Gasteiger partial charge in [-0.3, -0.25) is 9.59 Å². The fourth-order valence-corrected chi connectivity index (χ4v) is 4.57. The molecule has 29 heavy (non-hydrogen) atoms. The van der Waals surface area contributed by atoms with Crippen molar-refractivity contribution in [2.75, 3.05) is 19.7 Å². The maximum absolute atomic E-state index is 13.1. The Balaban J connectivity index is 1.67. The number of hydrogen-bond acceptors (Lipinski definition) is 4. The molecule has 1 saturated carbocycles. The highest BCUT2D eigenvalue weighted by atomic mass is 16.5. The summed E-state index contributed by atoms with van der Waals surface area (Å²) in [5.41, 5.74) is 2.09. The van der Waals surface area contributed by atoms with Gasteiger partial charge in [0.05, 0.1) is 18.1 Å². The van der Waals surface area contributed by atoms with Crippen LogP contribution in [-0.4, -0.2) is 53.4 Å². The predicted molar refractivity (Wildman–Crippen MR) is 110 cm³/mol. The van der Waals surface area contributed by atoms with E-state index in [1.807, 2.05) is 0 Å². The molecule has 7 nitrogen and oxygen atoms in total. The van der Waals surface area contributed by atoms with Crippen LogP contribution in [0.4, 0.5) is 0 Å². The maximum Gasteiger partial charge on any atom is 0.340 e. The molecule has 0 aromatic carbocycles. The number of esters is 1. The summed E-state index contributed by atoms with van der Waals surface area (Å²) in [5, 5.41) is 3.20. The molecule has 2 N–H and O–H groups in total. The van der Waals surface area contributed by atoms with Crippen molar-refractivity contribution in [3.8, 4) is 0 Å². The first-order chi connectivity index (χ1) is 13.9. The Labute approximate surface area is 172 Å². The minimum absolute atomic E-state index is 0.0704. The molecular weight excluding hydrogens is 370 g/mol. The molecule has 0 bridgehead atoms. The second-order valence-electron chi connectivity index (χ2n) is 8.28. The Bertz CT molecular complexity index is 764. The van der Waals surface area contributed by atoms with E-state index in [0.29, 0.717) is 35.6 Å². The minimum Gasteiger partial charge on any atom is -0.462 e. The van der Waals surface area contributed by atoms with Gasteiger partial charge in [-0.2, -0.15) is 0 Å². The van der Waals surface area contributed by atoms with Gasteiger partial charge in [-0.05, 0) is 52.0 Å². The lowest BCUT2D eigenvalue weighted by Crippen LogP contribution is -2.48. The van der Waals surface area contributed by atoms with Gasteiger partial charge in [0.15, 0.2) is 0 Å². The first-order valence-electron chi connectivity index (χ1n) is 10.9. The van der Waals surface area contributed by atoms with E-state index >= 15 is 0 Å². The van der Waals surface area contributed by atoms with Crippen molar-refractivity contribution in [2.45, 2.75) is 71.8 Å². The number of rotatable bonds is 5. The van der Waals surface area contributed by atoms with Crippen molar-refractivity contribution in [3.05, 3.63) is 22.5 Å². The highest BCUT2D eigenvalue weighted by Crippen LogP contribution is 2.24. The smallest absolute Gasteiger partial charge is 0.340 e. The number of ether oxygens (including phenoxy) is 1. The molecular formula is C22H33N3O4. The number of carbonyl (C=O) groups excluding carboxylic acids is 3. The molecule has 0 spiro atoms. The summed E-state index contributed by atoms with van der Waals surface area (Å²) >= 11 is 0. The van der Waals surface area contributed by atoms with Gasteiger partial charge in [-0.25, -0.2) is 4.79 Å². The van der Waals surface area contributed by atoms with Crippen LogP contribution < -0.4 is 5.32 Å². The molecule has 1 atom stereocenters. The van der Waals surface area contributed by atoms with Crippen molar-refractivity contribution >= 4 is 17.8 Å². The van der Waals surface area contributed by atoms with Crippen molar-refractivity contribution < 1.29 is 19.1 Å². The molecule has 2 heterocycles. The number of aromatic amines is 1. The summed E-state index contributed by atoms with van der Waals surface area (Å²) in [6.07, 6.45) is 7.32. The van der Waals surface area contributed by atoms with Gasteiger partial charge >= 0.3 is 5.97 Å². The fraction of sp³-hybridized carbons (Fsp3) is 0.682. The highest BCUT2D eigenvalue weighted by Gasteiger charge is 2.32. The Morgan fingerprint density at radius 1 is 1.10 bits per heavy atom. The van der Waals surface area contributed by atoms with E-state index in [9.17, 15) is 14.4 Å². The first-order valence-corrected chi connectivity index (χ1v) is 10.9. The average molecular weight is 404 g/mol.